The average Bonchev–Trinajstić information content (AvgIpc) is 3.35. The number of methoxy groups -OCH3 is 1. The molecular weight excluding hydrogens is 548 g/mol. The zero-order valence-corrected chi connectivity index (χ0v) is 26.9. The highest BCUT2D eigenvalue weighted by atomic mass is 16.5. The molecule has 2 heterocycles. The van der Waals surface area contributed by atoms with Crippen LogP contribution in [0.3, 0.4) is 0 Å². The lowest BCUT2D eigenvalue weighted by molar-refractivity contribution is -0.171. The van der Waals surface area contributed by atoms with Gasteiger partial charge in [-0.1, -0.05) is 74.9 Å². The standard InChI is InChI=1S/C39H46O5/c1-24-17-27(43-21-24)19-28(34(41)42-5)29-12-16-39-22-38(29,39)15-13-31-35(2)14-11-26-18-30(25-9-7-6-8-10-25)44-23-36(26,3)32(35)20-33(40)37(31,39)4/h6-11,13,15,17,21,28-32H,12,14,16,18-20,22-23H2,1-5H3/t28-,29-,30-,31+,32+,35+,36-,37-,38+,39+/m0/s1. The second-order valence-electron chi connectivity index (χ2n) is 15.9. The molecule has 1 aromatic carbocycles. The van der Waals surface area contributed by atoms with E-state index in [1.54, 1.807) is 6.26 Å². The molecule has 232 valence electrons. The van der Waals surface area contributed by atoms with Gasteiger partial charge < -0.3 is 13.9 Å². The molecule has 4 fully saturated rings. The van der Waals surface area contributed by atoms with Crippen molar-refractivity contribution in [1.82, 2.24) is 0 Å². The summed E-state index contributed by atoms with van der Waals surface area (Å²) in [6, 6.07) is 12.6. The van der Waals surface area contributed by atoms with Gasteiger partial charge in [0.2, 0.25) is 0 Å². The number of rotatable bonds is 5. The predicted molar refractivity (Wildman–Crippen MR) is 167 cm³/mol. The summed E-state index contributed by atoms with van der Waals surface area (Å²) in [6.07, 6.45) is 15.3. The molecule has 8 rings (SSSR count). The maximum atomic E-state index is 14.8. The van der Waals surface area contributed by atoms with Crippen molar-refractivity contribution in [2.45, 2.75) is 78.7 Å². The first kappa shape index (κ1) is 28.5. The van der Waals surface area contributed by atoms with E-state index < -0.39 is 5.41 Å². The molecule has 3 saturated carbocycles. The summed E-state index contributed by atoms with van der Waals surface area (Å²) in [6.45, 7) is 9.81. The highest BCUT2D eigenvalue weighted by Gasteiger charge is 2.85. The number of Topliss-reactive ketones (excluding diaryl/α,β-unsaturated/α-hetero) is 1. The Labute approximate surface area is 261 Å². The van der Waals surface area contributed by atoms with E-state index in [2.05, 4.69) is 69.3 Å². The second-order valence-corrected chi connectivity index (χ2v) is 15.9. The van der Waals surface area contributed by atoms with E-state index in [0.717, 1.165) is 43.4 Å². The number of aryl methyl sites for hydroxylation is 1. The number of allylic oxidation sites excluding steroid dienone is 3. The lowest BCUT2D eigenvalue weighted by Crippen LogP contribution is -2.63. The topological polar surface area (TPSA) is 65.7 Å². The van der Waals surface area contributed by atoms with Crippen LogP contribution in [-0.2, 0) is 25.5 Å². The van der Waals surface area contributed by atoms with Crippen LogP contribution in [0, 0.1) is 57.7 Å². The smallest absolute Gasteiger partial charge is 0.309 e. The molecule has 2 aromatic rings. The summed E-state index contributed by atoms with van der Waals surface area (Å²) < 4.78 is 17.8. The molecule has 1 aliphatic heterocycles. The van der Waals surface area contributed by atoms with Crippen molar-refractivity contribution in [3.63, 3.8) is 0 Å². The molecule has 1 aromatic heterocycles. The van der Waals surface area contributed by atoms with Crippen molar-refractivity contribution in [2.24, 2.45) is 50.7 Å². The van der Waals surface area contributed by atoms with Gasteiger partial charge in [-0.05, 0) is 90.2 Å². The SMILES string of the molecule is COC(=O)[C@@H](Cc1cc(C)co1)[C@@H]1CC[C@]23C[C@]12C=C[C@@H]1[C@@]2(C)CC=C4C[C@@H](c5ccccc5)OC[C@]4(C)[C@@H]2CC(=O)[C@]13C. The lowest BCUT2D eigenvalue weighted by atomic mass is 9.39. The fourth-order valence-electron chi connectivity index (χ4n) is 12.0. The molecular formula is C39H46O5. The number of benzene rings is 1. The lowest BCUT2D eigenvalue weighted by Gasteiger charge is -2.64. The molecule has 0 N–H and O–H groups in total. The van der Waals surface area contributed by atoms with Gasteiger partial charge in [0.05, 0.1) is 32.0 Å². The third-order valence-electron chi connectivity index (χ3n) is 14.2. The van der Waals surface area contributed by atoms with Gasteiger partial charge in [0, 0.05) is 23.7 Å². The van der Waals surface area contributed by atoms with Gasteiger partial charge >= 0.3 is 5.97 Å². The van der Waals surface area contributed by atoms with Crippen LogP contribution >= 0.6 is 0 Å². The number of furan rings is 1. The Morgan fingerprint density at radius 3 is 2.66 bits per heavy atom. The van der Waals surface area contributed by atoms with Gasteiger partial charge in [0.15, 0.2) is 0 Å². The average molecular weight is 595 g/mol. The van der Waals surface area contributed by atoms with E-state index in [0.29, 0.717) is 25.2 Å². The molecule has 5 nitrogen and oxygen atoms in total. The minimum atomic E-state index is -0.437. The van der Waals surface area contributed by atoms with Gasteiger partial charge in [-0.25, -0.2) is 0 Å². The second kappa shape index (κ2) is 9.31. The zero-order valence-electron chi connectivity index (χ0n) is 26.9. The first-order valence-electron chi connectivity index (χ1n) is 16.7. The highest BCUT2D eigenvalue weighted by molar-refractivity contribution is 5.89. The first-order valence-corrected chi connectivity index (χ1v) is 16.7. The van der Waals surface area contributed by atoms with Crippen molar-refractivity contribution in [3.05, 3.63) is 83.3 Å². The number of ketones is 1. The Morgan fingerprint density at radius 2 is 1.93 bits per heavy atom. The minimum Gasteiger partial charge on any atom is -0.469 e. The van der Waals surface area contributed by atoms with Crippen molar-refractivity contribution < 1.29 is 23.5 Å². The van der Waals surface area contributed by atoms with Crippen LogP contribution in [0.4, 0.5) is 0 Å². The number of esters is 1. The molecule has 10 atom stereocenters. The van der Waals surface area contributed by atoms with E-state index in [-0.39, 0.29) is 57.4 Å². The minimum absolute atomic E-state index is 0.0324. The van der Waals surface area contributed by atoms with Crippen molar-refractivity contribution in [2.75, 3.05) is 13.7 Å². The van der Waals surface area contributed by atoms with E-state index >= 15 is 0 Å². The third kappa shape index (κ3) is 3.45. The molecule has 0 radical (unpaired) electrons. The van der Waals surface area contributed by atoms with Crippen LogP contribution in [0.5, 0.6) is 0 Å². The number of carbonyl (C=O) groups excluding carboxylic acids is 2. The number of carbonyl (C=O) groups is 2. The van der Waals surface area contributed by atoms with Gasteiger partial charge in [0.1, 0.15) is 11.5 Å². The highest BCUT2D eigenvalue weighted by Crippen LogP contribution is 2.88. The maximum absolute atomic E-state index is 14.8. The summed E-state index contributed by atoms with van der Waals surface area (Å²) in [7, 11) is 1.50. The summed E-state index contributed by atoms with van der Waals surface area (Å²) in [5.41, 5.74) is 2.94. The Hall–Kier alpha value is -2.92. The van der Waals surface area contributed by atoms with Gasteiger partial charge in [0.25, 0.3) is 0 Å². The molecule has 1 saturated heterocycles. The first-order chi connectivity index (χ1) is 21.0. The molecule has 0 bridgehead atoms. The predicted octanol–water partition coefficient (Wildman–Crippen LogP) is 7.99. The molecule has 5 aliphatic carbocycles. The van der Waals surface area contributed by atoms with E-state index in [4.69, 9.17) is 13.9 Å². The molecule has 6 aliphatic rings. The van der Waals surface area contributed by atoms with Gasteiger partial charge in [-0.2, -0.15) is 0 Å². The summed E-state index contributed by atoms with van der Waals surface area (Å²) in [5, 5.41) is 0. The number of hydrogen-bond acceptors (Lipinski definition) is 5. The van der Waals surface area contributed by atoms with Crippen LogP contribution in [0.2, 0.25) is 0 Å². The molecule has 0 spiro atoms. The van der Waals surface area contributed by atoms with E-state index in [1.807, 2.05) is 13.0 Å². The Balaban J connectivity index is 1.14. The normalized spacial score (nSPS) is 43.9. The van der Waals surface area contributed by atoms with E-state index in [9.17, 15) is 9.59 Å². The monoisotopic (exact) mass is 594 g/mol. The summed E-state index contributed by atoms with van der Waals surface area (Å²) in [4.78, 5) is 28.1. The van der Waals surface area contributed by atoms with Crippen LogP contribution in [0.15, 0.2) is 70.9 Å². The summed E-state index contributed by atoms with van der Waals surface area (Å²) >= 11 is 0. The van der Waals surface area contributed by atoms with Crippen LogP contribution < -0.4 is 0 Å². The fourth-order valence-corrected chi connectivity index (χ4v) is 12.0. The third-order valence-corrected chi connectivity index (χ3v) is 14.2. The largest absolute Gasteiger partial charge is 0.469 e. The number of fused-ring (bicyclic) bond motifs is 5. The van der Waals surface area contributed by atoms with Crippen molar-refractivity contribution in [1.29, 1.82) is 0 Å². The zero-order chi connectivity index (χ0) is 30.7. The van der Waals surface area contributed by atoms with Crippen molar-refractivity contribution >= 4 is 11.8 Å². The van der Waals surface area contributed by atoms with Gasteiger partial charge in [-0.15, -0.1) is 0 Å². The quantitative estimate of drug-likeness (QED) is 0.259. The Bertz CT molecular complexity index is 1580. The fraction of sp³-hybridized carbons (Fsp3) is 0.590. The molecule has 0 unspecified atom stereocenters. The van der Waals surface area contributed by atoms with E-state index in [1.165, 1.54) is 18.2 Å². The van der Waals surface area contributed by atoms with Crippen LogP contribution in [0.1, 0.15) is 82.3 Å². The maximum Gasteiger partial charge on any atom is 0.309 e. The van der Waals surface area contributed by atoms with Crippen LogP contribution in [-0.4, -0.2) is 25.5 Å². The molecule has 5 heteroatoms. The van der Waals surface area contributed by atoms with Crippen molar-refractivity contribution in [3.8, 4) is 0 Å². The molecule has 44 heavy (non-hydrogen) atoms. The number of ether oxygens (including phenoxy) is 2. The van der Waals surface area contributed by atoms with Crippen LogP contribution in [0.25, 0.3) is 0 Å². The molecule has 0 amide bonds. The summed E-state index contributed by atoms with van der Waals surface area (Å²) in [5.74, 6) is 1.38. The Morgan fingerprint density at radius 1 is 1.14 bits per heavy atom. The van der Waals surface area contributed by atoms with Gasteiger partial charge in [-0.3, -0.25) is 9.59 Å². The Kier molecular flexibility index (Phi) is 6.04. The number of hydrogen-bond donors (Lipinski definition) is 0.